The van der Waals surface area contributed by atoms with Crippen LogP contribution >= 0.6 is 0 Å². The van der Waals surface area contributed by atoms with E-state index in [1.807, 2.05) is 19.2 Å². The zero-order chi connectivity index (χ0) is 13.2. The second kappa shape index (κ2) is 5.27. The molecule has 0 radical (unpaired) electrons. The van der Waals surface area contributed by atoms with E-state index in [1.165, 1.54) is 13.5 Å². The van der Waals surface area contributed by atoms with Crippen LogP contribution in [0.25, 0.3) is 0 Å². The lowest BCUT2D eigenvalue weighted by Crippen LogP contribution is -2.25. The minimum absolute atomic E-state index is 0.195. The Labute approximate surface area is 109 Å². The van der Waals surface area contributed by atoms with E-state index in [0.717, 1.165) is 24.8 Å². The van der Waals surface area contributed by atoms with Gasteiger partial charge in [0.25, 0.3) is 0 Å². The highest BCUT2D eigenvalue weighted by molar-refractivity contribution is 5.31. The average molecular weight is 251 g/mol. The Kier molecular flexibility index (Phi) is 3.91. The fourth-order valence-corrected chi connectivity index (χ4v) is 3.04. The van der Waals surface area contributed by atoms with Gasteiger partial charge >= 0.3 is 0 Å². The molecule has 100 valence electrons. The maximum Gasteiger partial charge on any atom is 0.168 e. The van der Waals surface area contributed by atoms with Crippen molar-refractivity contribution in [3.63, 3.8) is 0 Å². The molecule has 18 heavy (non-hydrogen) atoms. The molecule has 2 rings (SSSR count). The zero-order valence-electron chi connectivity index (χ0n) is 11.4. The summed E-state index contributed by atoms with van der Waals surface area (Å²) in [6, 6.07) is 5.98. The van der Waals surface area contributed by atoms with Gasteiger partial charge in [-0.3, -0.25) is 0 Å². The summed E-state index contributed by atoms with van der Waals surface area (Å²) in [7, 11) is 3.51. The molecule has 2 unspecified atom stereocenters. The molecule has 1 saturated carbocycles. The van der Waals surface area contributed by atoms with E-state index in [1.54, 1.807) is 6.07 Å². The number of hydrogen-bond acceptors (Lipinski definition) is 2. The fourth-order valence-electron chi connectivity index (χ4n) is 3.04. The van der Waals surface area contributed by atoms with Gasteiger partial charge in [-0.2, -0.15) is 0 Å². The van der Waals surface area contributed by atoms with Crippen molar-refractivity contribution < 1.29 is 9.13 Å². The van der Waals surface area contributed by atoms with Crippen molar-refractivity contribution >= 4 is 0 Å². The maximum atomic E-state index is 14.1. The summed E-state index contributed by atoms with van der Waals surface area (Å²) >= 11 is 0. The number of methoxy groups -OCH3 is 1. The Hall–Kier alpha value is -1.09. The standard InChI is InChI=1S/C15H22FNO/c1-15(8-7-12(10-15)17-2)9-11-5-4-6-13(18-3)14(11)16/h4-6,12,17H,7-10H2,1-3H3. The number of rotatable bonds is 4. The van der Waals surface area contributed by atoms with Crippen LogP contribution in [0.5, 0.6) is 5.75 Å². The van der Waals surface area contributed by atoms with E-state index in [2.05, 4.69) is 12.2 Å². The van der Waals surface area contributed by atoms with Gasteiger partial charge in [0.15, 0.2) is 11.6 Å². The topological polar surface area (TPSA) is 21.3 Å². The monoisotopic (exact) mass is 251 g/mol. The van der Waals surface area contributed by atoms with Crippen LogP contribution < -0.4 is 10.1 Å². The molecular weight excluding hydrogens is 229 g/mol. The number of nitrogens with one attached hydrogen (secondary N) is 1. The molecule has 3 heteroatoms. The summed E-state index contributed by atoms with van der Waals surface area (Å²) in [6.45, 7) is 2.25. The van der Waals surface area contributed by atoms with Crippen LogP contribution in [0.4, 0.5) is 4.39 Å². The Morgan fingerprint density at radius 2 is 2.28 bits per heavy atom. The van der Waals surface area contributed by atoms with Crippen molar-refractivity contribution in [2.75, 3.05) is 14.2 Å². The van der Waals surface area contributed by atoms with Crippen molar-refractivity contribution in [3.05, 3.63) is 29.6 Å². The molecule has 1 aromatic rings. The van der Waals surface area contributed by atoms with E-state index >= 15 is 0 Å². The SMILES string of the molecule is CNC1CCC(C)(Cc2cccc(OC)c2F)C1. The molecule has 1 fully saturated rings. The van der Waals surface area contributed by atoms with Crippen LogP contribution in [-0.4, -0.2) is 20.2 Å². The van der Waals surface area contributed by atoms with Crippen LogP contribution in [-0.2, 0) is 6.42 Å². The van der Waals surface area contributed by atoms with Crippen LogP contribution in [0, 0.1) is 11.2 Å². The lowest BCUT2D eigenvalue weighted by molar-refractivity contribution is 0.316. The van der Waals surface area contributed by atoms with Crippen molar-refractivity contribution in [1.29, 1.82) is 0 Å². The lowest BCUT2D eigenvalue weighted by Gasteiger charge is -2.24. The summed E-state index contributed by atoms with van der Waals surface area (Å²) in [4.78, 5) is 0. The normalized spacial score (nSPS) is 27.4. The molecule has 0 bridgehead atoms. The van der Waals surface area contributed by atoms with E-state index in [9.17, 15) is 4.39 Å². The second-order valence-corrected chi connectivity index (χ2v) is 5.65. The summed E-state index contributed by atoms with van der Waals surface area (Å²) in [6.07, 6.45) is 4.22. The first-order valence-corrected chi connectivity index (χ1v) is 6.56. The number of ether oxygens (including phenoxy) is 1. The van der Waals surface area contributed by atoms with E-state index in [0.29, 0.717) is 11.8 Å². The van der Waals surface area contributed by atoms with Crippen LogP contribution in [0.3, 0.4) is 0 Å². The molecule has 1 aliphatic carbocycles. The molecule has 0 amide bonds. The molecule has 2 atom stereocenters. The van der Waals surface area contributed by atoms with E-state index in [-0.39, 0.29) is 11.2 Å². The smallest absolute Gasteiger partial charge is 0.168 e. The predicted octanol–water partition coefficient (Wildman–Crippen LogP) is 3.16. The molecular formula is C15H22FNO. The van der Waals surface area contributed by atoms with E-state index < -0.39 is 0 Å². The van der Waals surface area contributed by atoms with E-state index in [4.69, 9.17) is 4.74 Å². The van der Waals surface area contributed by atoms with Gasteiger partial charge < -0.3 is 10.1 Å². The molecule has 0 aromatic heterocycles. The van der Waals surface area contributed by atoms with Gasteiger partial charge in [-0.15, -0.1) is 0 Å². The molecule has 0 aliphatic heterocycles. The first-order chi connectivity index (χ1) is 8.58. The Morgan fingerprint density at radius 1 is 1.50 bits per heavy atom. The number of hydrogen-bond donors (Lipinski definition) is 1. The minimum Gasteiger partial charge on any atom is -0.494 e. The van der Waals surface area contributed by atoms with Gasteiger partial charge in [0, 0.05) is 6.04 Å². The molecule has 0 spiro atoms. The van der Waals surface area contributed by atoms with Gasteiger partial charge in [0.05, 0.1) is 7.11 Å². The highest BCUT2D eigenvalue weighted by Crippen LogP contribution is 2.41. The molecule has 1 aliphatic rings. The van der Waals surface area contributed by atoms with Gasteiger partial charge in [-0.1, -0.05) is 19.1 Å². The Morgan fingerprint density at radius 3 is 2.89 bits per heavy atom. The largest absolute Gasteiger partial charge is 0.494 e. The summed E-state index contributed by atoms with van der Waals surface area (Å²) in [5.41, 5.74) is 0.967. The van der Waals surface area contributed by atoms with Gasteiger partial charge in [-0.05, 0) is 49.8 Å². The van der Waals surface area contributed by atoms with Crippen molar-refractivity contribution in [1.82, 2.24) is 5.32 Å². The van der Waals surface area contributed by atoms with Crippen LogP contribution in [0.15, 0.2) is 18.2 Å². The Bertz CT molecular complexity index is 421. The maximum absolute atomic E-state index is 14.1. The van der Waals surface area contributed by atoms with Crippen molar-refractivity contribution in [3.8, 4) is 5.75 Å². The quantitative estimate of drug-likeness (QED) is 0.887. The van der Waals surface area contributed by atoms with Crippen molar-refractivity contribution in [2.45, 2.75) is 38.6 Å². The van der Waals surface area contributed by atoms with Crippen molar-refractivity contribution in [2.24, 2.45) is 5.41 Å². The first kappa shape index (κ1) is 13.3. The number of benzene rings is 1. The summed E-state index contributed by atoms with van der Waals surface area (Å²) in [5, 5.41) is 3.32. The molecule has 1 N–H and O–H groups in total. The number of halogens is 1. The van der Waals surface area contributed by atoms with Gasteiger partial charge in [-0.25, -0.2) is 4.39 Å². The fraction of sp³-hybridized carbons (Fsp3) is 0.600. The molecule has 2 nitrogen and oxygen atoms in total. The lowest BCUT2D eigenvalue weighted by atomic mass is 9.81. The summed E-state index contributed by atoms with van der Waals surface area (Å²) < 4.78 is 19.2. The highest BCUT2D eigenvalue weighted by atomic mass is 19.1. The molecule has 0 heterocycles. The second-order valence-electron chi connectivity index (χ2n) is 5.65. The van der Waals surface area contributed by atoms with Crippen LogP contribution in [0.1, 0.15) is 31.7 Å². The Balaban J connectivity index is 2.14. The zero-order valence-corrected chi connectivity index (χ0v) is 11.4. The third-order valence-corrected chi connectivity index (χ3v) is 4.12. The third kappa shape index (κ3) is 2.66. The first-order valence-electron chi connectivity index (χ1n) is 6.56. The third-order valence-electron chi connectivity index (χ3n) is 4.12. The molecule has 0 saturated heterocycles. The van der Waals surface area contributed by atoms with Crippen LogP contribution in [0.2, 0.25) is 0 Å². The van der Waals surface area contributed by atoms with Gasteiger partial charge in [0.2, 0.25) is 0 Å². The van der Waals surface area contributed by atoms with Gasteiger partial charge in [0.1, 0.15) is 0 Å². The average Bonchev–Trinajstić information content (AvgIpc) is 2.74. The highest BCUT2D eigenvalue weighted by Gasteiger charge is 2.35. The molecule has 1 aromatic carbocycles. The summed E-state index contributed by atoms with van der Waals surface area (Å²) in [5.74, 6) is 0.147. The minimum atomic E-state index is -0.200. The predicted molar refractivity (Wildman–Crippen MR) is 71.5 cm³/mol.